The number of aliphatic hydroxyl groups is 1. The number of rotatable bonds is 8. The highest BCUT2D eigenvalue weighted by Gasteiger charge is 2.50. The molecule has 4 atom stereocenters. The first-order valence-corrected chi connectivity index (χ1v) is 12.5. The second kappa shape index (κ2) is 7.84. The Morgan fingerprint density at radius 2 is 1.96 bits per heavy atom. The molecule has 2 rings (SSSR count). The van der Waals surface area contributed by atoms with Crippen molar-refractivity contribution >= 4 is 8.32 Å². The first-order chi connectivity index (χ1) is 11.0. The number of hydrogen-bond donors (Lipinski definition) is 1. The van der Waals surface area contributed by atoms with Gasteiger partial charge in [0.25, 0.3) is 0 Å². The van der Waals surface area contributed by atoms with Crippen molar-refractivity contribution in [1.29, 1.82) is 0 Å². The van der Waals surface area contributed by atoms with Crippen molar-refractivity contribution in [1.82, 2.24) is 0 Å². The van der Waals surface area contributed by atoms with Gasteiger partial charge in [-0.15, -0.1) is 0 Å². The topological polar surface area (TPSA) is 29.5 Å². The van der Waals surface area contributed by atoms with Crippen LogP contribution in [-0.2, 0) is 4.43 Å². The van der Waals surface area contributed by atoms with Crippen LogP contribution in [0, 0.1) is 17.3 Å². The Hall–Kier alpha value is -0.123. The SMILES string of the molecule is CC[Si](CC)(CC)OC1CCC[C@]2(C)C([C@H](C)CCO)=CC[C@@H]12. The normalized spacial score (nSPS) is 32.5. The fourth-order valence-electron chi connectivity index (χ4n) is 5.30. The highest BCUT2D eigenvalue weighted by molar-refractivity contribution is 6.73. The van der Waals surface area contributed by atoms with Crippen LogP contribution in [0.15, 0.2) is 11.6 Å². The van der Waals surface area contributed by atoms with Crippen molar-refractivity contribution < 1.29 is 9.53 Å². The van der Waals surface area contributed by atoms with Crippen molar-refractivity contribution in [3.8, 4) is 0 Å². The summed E-state index contributed by atoms with van der Waals surface area (Å²) in [4.78, 5) is 0. The second-order valence-electron chi connectivity index (χ2n) is 8.12. The van der Waals surface area contributed by atoms with E-state index >= 15 is 0 Å². The monoisotopic (exact) mass is 338 g/mol. The molecule has 23 heavy (non-hydrogen) atoms. The van der Waals surface area contributed by atoms with Crippen LogP contribution < -0.4 is 0 Å². The van der Waals surface area contributed by atoms with Gasteiger partial charge in [-0.05, 0) is 61.1 Å². The highest BCUT2D eigenvalue weighted by Crippen LogP contribution is 2.56. The minimum atomic E-state index is -1.53. The summed E-state index contributed by atoms with van der Waals surface area (Å²) in [6, 6.07) is 3.75. The molecule has 0 saturated heterocycles. The molecule has 3 heteroatoms. The Balaban J connectivity index is 2.16. The molecule has 0 bridgehead atoms. The molecule has 1 unspecified atom stereocenters. The molecule has 2 aliphatic carbocycles. The van der Waals surface area contributed by atoms with E-state index in [4.69, 9.17) is 4.43 Å². The van der Waals surface area contributed by atoms with Gasteiger partial charge in [0.1, 0.15) is 0 Å². The van der Waals surface area contributed by atoms with Gasteiger partial charge in [0.2, 0.25) is 0 Å². The highest BCUT2D eigenvalue weighted by atomic mass is 28.4. The van der Waals surface area contributed by atoms with Gasteiger partial charge in [-0.25, -0.2) is 0 Å². The van der Waals surface area contributed by atoms with Crippen molar-refractivity contribution in [3.63, 3.8) is 0 Å². The predicted octanol–water partition coefficient (Wildman–Crippen LogP) is 5.53. The lowest BCUT2D eigenvalue weighted by Crippen LogP contribution is -2.48. The van der Waals surface area contributed by atoms with Gasteiger partial charge >= 0.3 is 0 Å². The van der Waals surface area contributed by atoms with Gasteiger partial charge in [0, 0.05) is 12.7 Å². The van der Waals surface area contributed by atoms with Crippen LogP contribution in [0.25, 0.3) is 0 Å². The molecule has 0 heterocycles. The smallest absolute Gasteiger partial charge is 0.192 e. The minimum Gasteiger partial charge on any atom is -0.414 e. The average Bonchev–Trinajstić information content (AvgIpc) is 2.91. The molecular weight excluding hydrogens is 300 g/mol. The third kappa shape index (κ3) is 3.62. The number of aliphatic hydroxyl groups excluding tert-OH is 1. The van der Waals surface area contributed by atoms with Gasteiger partial charge in [-0.3, -0.25) is 0 Å². The summed E-state index contributed by atoms with van der Waals surface area (Å²) in [5.74, 6) is 1.18. The van der Waals surface area contributed by atoms with Crippen LogP contribution in [-0.4, -0.2) is 26.1 Å². The molecule has 0 aromatic rings. The number of hydrogen-bond acceptors (Lipinski definition) is 2. The van der Waals surface area contributed by atoms with Gasteiger partial charge in [0.15, 0.2) is 8.32 Å². The van der Waals surface area contributed by atoms with Crippen LogP contribution >= 0.6 is 0 Å². The molecule has 134 valence electrons. The van der Waals surface area contributed by atoms with E-state index in [0.29, 0.717) is 30.0 Å². The maximum atomic E-state index is 9.33. The average molecular weight is 339 g/mol. The fraction of sp³-hybridized carbons (Fsp3) is 0.900. The minimum absolute atomic E-state index is 0.302. The van der Waals surface area contributed by atoms with Crippen LogP contribution in [0.1, 0.15) is 66.7 Å². The van der Waals surface area contributed by atoms with Crippen molar-refractivity contribution in [2.24, 2.45) is 17.3 Å². The lowest BCUT2D eigenvalue weighted by molar-refractivity contribution is 0.0171. The van der Waals surface area contributed by atoms with Crippen LogP contribution in [0.3, 0.4) is 0 Å². The number of allylic oxidation sites excluding steroid dienone is 2. The summed E-state index contributed by atoms with van der Waals surface area (Å²) in [6.07, 6.45) is 8.91. The Labute approximate surface area is 144 Å². The van der Waals surface area contributed by atoms with E-state index in [1.54, 1.807) is 5.57 Å². The predicted molar refractivity (Wildman–Crippen MR) is 101 cm³/mol. The second-order valence-corrected chi connectivity index (χ2v) is 12.8. The first-order valence-electron chi connectivity index (χ1n) is 9.95. The fourth-order valence-corrected chi connectivity index (χ4v) is 8.22. The van der Waals surface area contributed by atoms with E-state index in [1.165, 1.54) is 43.8 Å². The first kappa shape index (κ1) is 19.2. The van der Waals surface area contributed by atoms with E-state index < -0.39 is 8.32 Å². The summed E-state index contributed by atoms with van der Waals surface area (Å²) in [5, 5.41) is 9.33. The molecule has 0 radical (unpaired) electrons. The Morgan fingerprint density at radius 3 is 2.52 bits per heavy atom. The van der Waals surface area contributed by atoms with Crippen molar-refractivity contribution in [3.05, 3.63) is 11.6 Å². The van der Waals surface area contributed by atoms with E-state index in [1.807, 2.05) is 0 Å². The molecule has 0 amide bonds. The summed E-state index contributed by atoms with van der Waals surface area (Å²) in [7, 11) is -1.53. The third-order valence-corrected chi connectivity index (χ3v) is 11.8. The van der Waals surface area contributed by atoms with E-state index in [2.05, 4.69) is 40.7 Å². The molecule has 2 nitrogen and oxygen atoms in total. The quantitative estimate of drug-likeness (QED) is 0.465. The standard InChI is InChI=1S/C20H38O2Si/c1-6-23(7-2,8-3)22-19-10-9-14-20(5)17(11-12-18(19)20)16(4)13-15-21/h11,16,18-19,21H,6-10,12-15H2,1-5H3/t16-,18+,19?,20-/m1/s1. The molecular formula is C20H38O2Si. The lowest BCUT2D eigenvalue weighted by atomic mass is 9.63. The maximum Gasteiger partial charge on any atom is 0.192 e. The van der Waals surface area contributed by atoms with Crippen molar-refractivity contribution in [2.75, 3.05) is 6.61 Å². The van der Waals surface area contributed by atoms with Crippen LogP contribution in [0.2, 0.25) is 18.1 Å². The van der Waals surface area contributed by atoms with E-state index in [0.717, 1.165) is 6.42 Å². The maximum absolute atomic E-state index is 9.33. The third-order valence-electron chi connectivity index (χ3n) is 7.13. The molecule has 1 saturated carbocycles. The van der Waals surface area contributed by atoms with Gasteiger partial charge in [-0.2, -0.15) is 0 Å². The molecule has 0 spiro atoms. The molecule has 0 aromatic carbocycles. The molecule has 0 aromatic heterocycles. The van der Waals surface area contributed by atoms with Gasteiger partial charge < -0.3 is 9.53 Å². The van der Waals surface area contributed by atoms with Gasteiger partial charge in [0.05, 0.1) is 0 Å². The number of fused-ring (bicyclic) bond motifs is 1. The Bertz CT molecular complexity index is 408. The molecule has 2 aliphatic rings. The Morgan fingerprint density at radius 1 is 1.30 bits per heavy atom. The molecule has 1 fully saturated rings. The zero-order chi connectivity index (χ0) is 17.1. The van der Waals surface area contributed by atoms with Gasteiger partial charge in [-0.1, -0.05) is 52.7 Å². The summed E-state index contributed by atoms with van der Waals surface area (Å²) in [6.45, 7) is 12.1. The van der Waals surface area contributed by atoms with E-state index in [-0.39, 0.29) is 0 Å². The zero-order valence-corrected chi connectivity index (χ0v) is 17.0. The molecule has 1 N–H and O–H groups in total. The van der Waals surface area contributed by atoms with Crippen LogP contribution in [0.4, 0.5) is 0 Å². The zero-order valence-electron chi connectivity index (χ0n) is 16.0. The molecule has 0 aliphatic heterocycles. The largest absolute Gasteiger partial charge is 0.414 e. The summed E-state index contributed by atoms with van der Waals surface area (Å²) in [5.41, 5.74) is 1.92. The van der Waals surface area contributed by atoms with E-state index in [9.17, 15) is 5.11 Å². The summed E-state index contributed by atoms with van der Waals surface area (Å²) < 4.78 is 6.95. The lowest BCUT2D eigenvalue weighted by Gasteiger charge is -2.48. The Kier molecular flexibility index (Phi) is 6.55. The van der Waals surface area contributed by atoms with Crippen LogP contribution in [0.5, 0.6) is 0 Å². The van der Waals surface area contributed by atoms with Crippen molar-refractivity contribution in [2.45, 2.75) is 91.0 Å². The summed E-state index contributed by atoms with van der Waals surface area (Å²) >= 11 is 0.